The number of methoxy groups -OCH3 is 1. The molecular weight excluding hydrogens is 383 g/mol. The Morgan fingerprint density at radius 1 is 0.875 bits per heavy atom. The van der Waals surface area contributed by atoms with Crippen molar-refractivity contribution in [2.75, 3.05) is 7.11 Å². The molecule has 0 aliphatic rings. The van der Waals surface area contributed by atoms with Gasteiger partial charge in [-0.25, -0.2) is 0 Å². The number of fused-ring (bicyclic) bond motifs is 2. The van der Waals surface area contributed by atoms with E-state index in [1.165, 1.54) is 14.0 Å². The summed E-state index contributed by atoms with van der Waals surface area (Å²) < 4.78 is 10.6. The molecule has 0 saturated heterocycles. The fourth-order valence-corrected chi connectivity index (χ4v) is 3.16. The Hall–Kier alpha value is -2.02. The first-order valence-electron chi connectivity index (χ1n) is 6.46. The number of hydrogen-bond acceptors (Lipinski definition) is 6. The van der Waals surface area contributed by atoms with Crippen LogP contribution in [0.4, 0.5) is 0 Å². The Balaban J connectivity index is 2.76. The Morgan fingerprint density at radius 3 is 2.08 bits per heavy atom. The summed E-state index contributed by atoms with van der Waals surface area (Å²) in [5.74, 6) is -1.97. The summed E-state index contributed by atoms with van der Waals surface area (Å²) >= 11 is 17.8. The molecule has 6 nitrogen and oxygen atoms in total. The second-order valence-corrected chi connectivity index (χ2v) is 6.12. The van der Waals surface area contributed by atoms with Gasteiger partial charge >= 0.3 is 0 Å². The number of benzene rings is 2. The molecule has 24 heavy (non-hydrogen) atoms. The van der Waals surface area contributed by atoms with Crippen molar-refractivity contribution in [2.24, 2.45) is 0 Å². The van der Waals surface area contributed by atoms with E-state index in [1.807, 2.05) is 0 Å². The lowest BCUT2D eigenvalue weighted by atomic mass is 10.1. The zero-order chi connectivity index (χ0) is 17.9. The van der Waals surface area contributed by atoms with Crippen molar-refractivity contribution in [2.45, 2.75) is 6.92 Å². The number of phenols is 3. The Kier molecular flexibility index (Phi) is 3.86. The molecule has 0 fully saturated rings. The highest BCUT2D eigenvalue weighted by Gasteiger charge is 2.27. The van der Waals surface area contributed by atoms with Crippen molar-refractivity contribution in [1.29, 1.82) is 0 Å². The van der Waals surface area contributed by atoms with E-state index in [2.05, 4.69) is 0 Å². The van der Waals surface area contributed by atoms with Gasteiger partial charge in [-0.05, 0) is 12.5 Å². The maximum absolute atomic E-state index is 12.9. The lowest BCUT2D eigenvalue weighted by Gasteiger charge is -2.13. The van der Waals surface area contributed by atoms with Crippen LogP contribution in [0.2, 0.25) is 15.1 Å². The Labute approximate surface area is 149 Å². The monoisotopic (exact) mass is 390 g/mol. The summed E-state index contributed by atoms with van der Waals surface area (Å²) in [6.07, 6.45) is 0. The van der Waals surface area contributed by atoms with Gasteiger partial charge in [0, 0.05) is 0 Å². The van der Waals surface area contributed by atoms with Crippen LogP contribution in [0.15, 0.2) is 9.21 Å². The van der Waals surface area contributed by atoms with Crippen LogP contribution >= 0.6 is 34.8 Å². The minimum absolute atomic E-state index is 0.0330. The topological polar surface area (TPSA) is 100 Å². The summed E-state index contributed by atoms with van der Waals surface area (Å²) in [7, 11) is 1.22. The minimum atomic E-state index is -0.690. The normalized spacial score (nSPS) is 11.4. The molecule has 0 atom stereocenters. The van der Waals surface area contributed by atoms with Gasteiger partial charge in [-0.15, -0.1) is 0 Å². The van der Waals surface area contributed by atoms with E-state index in [0.717, 1.165) is 0 Å². The van der Waals surface area contributed by atoms with Gasteiger partial charge in [-0.1, -0.05) is 34.8 Å². The molecule has 0 radical (unpaired) electrons. The van der Waals surface area contributed by atoms with Gasteiger partial charge in [0.05, 0.1) is 17.5 Å². The molecule has 0 unspecified atom stereocenters. The molecule has 3 N–H and O–H groups in total. The smallest absolute Gasteiger partial charge is 0.206 e. The third-order valence-electron chi connectivity index (χ3n) is 3.71. The highest BCUT2D eigenvalue weighted by Crippen LogP contribution is 2.49. The van der Waals surface area contributed by atoms with E-state index in [-0.39, 0.29) is 43.3 Å². The van der Waals surface area contributed by atoms with E-state index in [9.17, 15) is 20.1 Å². The van der Waals surface area contributed by atoms with E-state index in [0.29, 0.717) is 0 Å². The first kappa shape index (κ1) is 16.8. The van der Waals surface area contributed by atoms with Crippen LogP contribution in [0, 0.1) is 6.92 Å². The number of hydrogen-bond donors (Lipinski definition) is 3. The van der Waals surface area contributed by atoms with Crippen molar-refractivity contribution >= 4 is 56.7 Å². The second-order valence-electron chi connectivity index (χ2n) is 4.99. The Bertz CT molecular complexity index is 1090. The van der Waals surface area contributed by atoms with E-state index in [1.54, 1.807) is 0 Å². The van der Waals surface area contributed by atoms with Crippen LogP contribution in [0.1, 0.15) is 5.56 Å². The zero-order valence-corrected chi connectivity index (χ0v) is 14.5. The van der Waals surface area contributed by atoms with Crippen molar-refractivity contribution < 1.29 is 24.5 Å². The molecule has 0 aliphatic carbocycles. The summed E-state index contributed by atoms with van der Waals surface area (Å²) in [6, 6.07) is 0. The van der Waals surface area contributed by atoms with Crippen LogP contribution in [0.5, 0.6) is 23.0 Å². The van der Waals surface area contributed by atoms with Crippen LogP contribution in [-0.4, -0.2) is 22.4 Å². The van der Waals surface area contributed by atoms with E-state index < -0.39 is 27.7 Å². The molecule has 9 heteroatoms. The molecule has 2 aromatic carbocycles. The van der Waals surface area contributed by atoms with Gasteiger partial charge in [0.25, 0.3) is 0 Å². The van der Waals surface area contributed by atoms with Gasteiger partial charge < -0.3 is 24.5 Å². The average Bonchev–Trinajstić information content (AvgIpc) is 2.56. The molecule has 3 aromatic rings. The number of aryl methyl sites for hydroxylation is 1. The molecule has 1 heterocycles. The molecule has 0 saturated carbocycles. The van der Waals surface area contributed by atoms with Gasteiger partial charge in [0.1, 0.15) is 15.4 Å². The fourth-order valence-electron chi connectivity index (χ4n) is 2.52. The fraction of sp³-hybridized carbons (Fsp3) is 0.133. The molecule has 0 spiro atoms. The first-order valence-corrected chi connectivity index (χ1v) is 7.60. The van der Waals surface area contributed by atoms with Crippen molar-refractivity contribution in [3.63, 3.8) is 0 Å². The minimum Gasteiger partial charge on any atom is -0.505 e. The third kappa shape index (κ3) is 2.00. The standard InChI is InChI=1S/C15H9Cl3O6/c1-3-4-9(19)5-10(20)7(17)12(22)15(23-2)14(5)24-13(4)8(18)11(21)6(3)16/h20-22H,1-2H3. The van der Waals surface area contributed by atoms with Gasteiger partial charge in [0.15, 0.2) is 28.4 Å². The van der Waals surface area contributed by atoms with Gasteiger partial charge in [0.2, 0.25) is 11.2 Å². The van der Waals surface area contributed by atoms with Crippen LogP contribution < -0.4 is 10.2 Å². The molecule has 126 valence electrons. The number of aromatic hydroxyl groups is 3. The number of ether oxygens (including phenoxy) is 1. The number of rotatable bonds is 1. The van der Waals surface area contributed by atoms with Crippen molar-refractivity contribution in [1.82, 2.24) is 0 Å². The average molecular weight is 392 g/mol. The second kappa shape index (κ2) is 5.51. The number of phenolic OH excluding ortho intramolecular Hbond substituents is 3. The SMILES string of the molecule is COc1c(O)c(Cl)c(O)c2c(=O)c3c(C)c(Cl)c(O)c(Cl)c3oc12. The quantitative estimate of drug-likeness (QED) is 0.534. The van der Waals surface area contributed by atoms with Crippen LogP contribution in [0.3, 0.4) is 0 Å². The van der Waals surface area contributed by atoms with Crippen molar-refractivity contribution in [3.8, 4) is 23.0 Å². The van der Waals surface area contributed by atoms with Crippen molar-refractivity contribution in [3.05, 3.63) is 30.9 Å². The Morgan fingerprint density at radius 2 is 1.50 bits per heavy atom. The molecular formula is C15H9Cl3O6. The molecule has 3 rings (SSSR count). The lowest BCUT2D eigenvalue weighted by Crippen LogP contribution is -2.06. The zero-order valence-electron chi connectivity index (χ0n) is 12.2. The summed E-state index contributed by atoms with van der Waals surface area (Å²) in [4.78, 5) is 12.9. The molecule has 0 amide bonds. The maximum Gasteiger partial charge on any atom is 0.206 e. The number of halogens is 3. The van der Waals surface area contributed by atoms with Gasteiger partial charge in [-0.3, -0.25) is 4.79 Å². The largest absolute Gasteiger partial charge is 0.505 e. The third-order valence-corrected chi connectivity index (χ3v) is 4.88. The predicted octanol–water partition coefficient (Wildman–Crippen LogP) is 4.34. The maximum atomic E-state index is 12.9. The summed E-state index contributed by atoms with van der Waals surface area (Å²) in [5, 5.41) is 28.9. The summed E-state index contributed by atoms with van der Waals surface area (Å²) in [5.41, 5.74) is -0.901. The lowest BCUT2D eigenvalue weighted by molar-refractivity contribution is 0.368. The highest BCUT2D eigenvalue weighted by molar-refractivity contribution is 6.41. The van der Waals surface area contributed by atoms with Crippen LogP contribution in [-0.2, 0) is 0 Å². The van der Waals surface area contributed by atoms with E-state index >= 15 is 0 Å². The molecule has 1 aromatic heterocycles. The van der Waals surface area contributed by atoms with E-state index in [4.69, 9.17) is 44.0 Å². The summed E-state index contributed by atoms with van der Waals surface area (Å²) in [6.45, 7) is 1.49. The van der Waals surface area contributed by atoms with Crippen LogP contribution in [0.25, 0.3) is 21.9 Å². The molecule has 0 bridgehead atoms. The molecule has 0 aliphatic heterocycles. The first-order chi connectivity index (χ1) is 11.2. The van der Waals surface area contributed by atoms with Gasteiger partial charge in [-0.2, -0.15) is 0 Å². The predicted molar refractivity (Wildman–Crippen MR) is 91.3 cm³/mol. The highest BCUT2D eigenvalue weighted by atomic mass is 35.5.